The summed E-state index contributed by atoms with van der Waals surface area (Å²) in [6.07, 6.45) is -4.72. The number of benzene rings is 2. The van der Waals surface area contributed by atoms with Gasteiger partial charge in [-0.3, -0.25) is 14.2 Å². The number of nitriles is 1. The maximum atomic E-state index is 13.6. The molecular formula is C23H13F3N6O2S. The van der Waals surface area contributed by atoms with Gasteiger partial charge in [-0.2, -0.15) is 18.4 Å². The first-order valence-electron chi connectivity index (χ1n) is 10.1. The molecule has 0 spiro atoms. The number of carbonyl (C=O) groups is 1. The van der Waals surface area contributed by atoms with Crippen molar-refractivity contribution in [1.29, 1.82) is 5.26 Å². The molecule has 3 aromatic heterocycles. The van der Waals surface area contributed by atoms with E-state index in [1.165, 1.54) is 28.3 Å². The van der Waals surface area contributed by atoms with Gasteiger partial charge < -0.3 is 5.32 Å². The highest BCUT2D eigenvalue weighted by Gasteiger charge is 2.34. The van der Waals surface area contributed by atoms with Crippen molar-refractivity contribution in [2.45, 2.75) is 12.7 Å². The first-order chi connectivity index (χ1) is 16.8. The molecule has 0 aliphatic heterocycles. The van der Waals surface area contributed by atoms with Crippen molar-refractivity contribution < 1.29 is 18.0 Å². The van der Waals surface area contributed by atoms with Gasteiger partial charge in [0.05, 0.1) is 22.2 Å². The molecule has 12 heteroatoms. The van der Waals surface area contributed by atoms with Gasteiger partial charge in [-0.25, -0.2) is 4.68 Å². The Morgan fingerprint density at radius 1 is 1.11 bits per heavy atom. The monoisotopic (exact) mass is 494 g/mol. The highest BCUT2D eigenvalue weighted by Crippen LogP contribution is 2.35. The van der Waals surface area contributed by atoms with Gasteiger partial charge in [-0.15, -0.1) is 16.4 Å². The number of alkyl halides is 3. The molecular weight excluding hydrogens is 481 g/mol. The normalized spacial score (nSPS) is 11.6. The Morgan fingerprint density at radius 3 is 2.69 bits per heavy atom. The minimum Gasteiger partial charge on any atom is -0.314 e. The van der Waals surface area contributed by atoms with Crippen molar-refractivity contribution >= 4 is 44.2 Å². The molecule has 2 aromatic carbocycles. The number of halogens is 3. The van der Waals surface area contributed by atoms with Crippen molar-refractivity contribution in [3.05, 3.63) is 81.5 Å². The van der Waals surface area contributed by atoms with Crippen LogP contribution in [0.15, 0.2) is 64.8 Å². The second-order valence-corrected chi connectivity index (χ2v) is 8.36. The summed E-state index contributed by atoms with van der Waals surface area (Å²) in [7, 11) is 0. The fraction of sp³-hybridized carbons (Fsp3) is 0.0870. The number of amides is 1. The summed E-state index contributed by atoms with van der Waals surface area (Å²) in [5.74, 6) is -0.742. The number of anilines is 1. The van der Waals surface area contributed by atoms with E-state index >= 15 is 0 Å². The van der Waals surface area contributed by atoms with E-state index in [1.54, 1.807) is 24.3 Å². The molecule has 3 heterocycles. The number of nitrogens with zero attached hydrogens (tertiary/aromatic N) is 5. The predicted molar refractivity (Wildman–Crippen MR) is 123 cm³/mol. The van der Waals surface area contributed by atoms with Gasteiger partial charge in [0.15, 0.2) is 0 Å². The zero-order valence-corrected chi connectivity index (χ0v) is 18.4. The summed E-state index contributed by atoms with van der Waals surface area (Å²) in [5.41, 5.74) is -0.480. The lowest BCUT2D eigenvalue weighted by Gasteiger charge is -2.16. The second kappa shape index (κ2) is 8.37. The van der Waals surface area contributed by atoms with E-state index in [4.69, 9.17) is 0 Å². The largest absolute Gasteiger partial charge is 0.418 e. The molecule has 0 aliphatic carbocycles. The number of rotatable bonds is 4. The highest BCUT2D eigenvalue weighted by atomic mass is 32.1. The fourth-order valence-electron chi connectivity index (χ4n) is 3.82. The molecule has 174 valence electrons. The molecule has 8 nitrogen and oxygen atoms in total. The Balaban J connectivity index is 1.55. The van der Waals surface area contributed by atoms with Crippen LogP contribution in [0.5, 0.6) is 0 Å². The van der Waals surface area contributed by atoms with Crippen LogP contribution in [-0.4, -0.2) is 25.5 Å². The number of para-hydroxylation sites is 2. The molecule has 0 fully saturated rings. The van der Waals surface area contributed by atoms with Crippen LogP contribution in [0.25, 0.3) is 27.6 Å². The van der Waals surface area contributed by atoms with Crippen molar-refractivity contribution in [2.24, 2.45) is 0 Å². The molecule has 5 aromatic rings. The summed E-state index contributed by atoms with van der Waals surface area (Å²) in [5, 5.41) is 22.3. The SMILES string of the molecule is N#Cc1csc(NC(=O)Cn2c(=O)ccc3cccc(C(F)(F)F)c32)c1-n1nnc2ccccc21. The predicted octanol–water partition coefficient (Wildman–Crippen LogP) is 4.33. The van der Waals surface area contributed by atoms with Crippen LogP contribution < -0.4 is 10.9 Å². The smallest absolute Gasteiger partial charge is 0.314 e. The number of fused-ring (bicyclic) bond motifs is 2. The van der Waals surface area contributed by atoms with E-state index < -0.39 is 29.8 Å². The van der Waals surface area contributed by atoms with Crippen LogP contribution in [0.3, 0.4) is 0 Å². The average Bonchev–Trinajstić information content (AvgIpc) is 3.43. The van der Waals surface area contributed by atoms with E-state index in [1.807, 2.05) is 6.07 Å². The number of hydrogen-bond acceptors (Lipinski definition) is 6. The van der Waals surface area contributed by atoms with Crippen molar-refractivity contribution in [3.63, 3.8) is 0 Å². The Bertz CT molecular complexity index is 1710. The molecule has 1 amide bonds. The van der Waals surface area contributed by atoms with Gasteiger partial charge in [-0.1, -0.05) is 29.5 Å². The zero-order valence-electron chi connectivity index (χ0n) is 17.6. The molecule has 5 rings (SSSR count). The molecule has 0 radical (unpaired) electrons. The molecule has 35 heavy (non-hydrogen) atoms. The first-order valence-corrected chi connectivity index (χ1v) is 11.0. The third-order valence-corrected chi connectivity index (χ3v) is 6.20. The molecule has 0 aliphatic rings. The van der Waals surface area contributed by atoms with Gasteiger partial charge in [0, 0.05) is 11.4 Å². The molecule has 0 bridgehead atoms. The standard InChI is InChI=1S/C23H13F3N6O2S/c24-23(25,26)15-5-3-4-13-8-9-19(34)31(20(13)15)11-18(33)28-22-21(14(10-27)12-35-22)32-17-7-2-1-6-16(17)29-30-32/h1-9,12H,11H2,(H,28,33). The van der Waals surface area contributed by atoms with Gasteiger partial charge in [0.1, 0.15) is 28.8 Å². The van der Waals surface area contributed by atoms with Crippen LogP contribution in [0.1, 0.15) is 11.1 Å². The van der Waals surface area contributed by atoms with Crippen molar-refractivity contribution in [3.8, 4) is 11.8 Å². The van der Waals surface area contributed by atoms with Gasteiger partial charge >= 0.3 is 6.18 Å². The maximum absolute atomic E-state index is 13.6. The minimum absolute atomic E-state index is 0.171. The lowest BCUT2D eigenvalue weighted by Crippen LogP contribution is -2.28. The molecule has 0 atom stereocenters. The number of nitrogens with one attached hydrogen (secondary N) is 1. The quantitative estimate of drug-likeness (QED) is 0.401. The van der Waals surface area contributed by atoms with E-state index in [2.05, 4.69) is 15.6 Å². The van der Waals surface area contributed by atoms with Gasteiger partial charge in [-0.05, 0) is 29.7 Å². The highest BCUT2D eigenvalue weighted by molar-refractivity contribution is 7.15. The van der Waals surface area contributed by atoms with Crippen LogP contribution in [0.2, 0.25) is 0 Å². The lowest BCUT2D eigenvalue weighted by molar-refractivity contribution is -0.136. The second-order valence-electron chi connectivity index (χ2n) is 7.48. The number of pyridine rings is 1. The Morgan fingerprint density at radius 2 is 1.91 bits per heavy atom. The third kappa shape index (κ3) is 3.91. The summed E-state index contributed by atoms with van der Waals surface area (Å²) in [6.45, 7) is -0.666. The summed E-state index contributed by atoms with van der Waals surface area (Å²) >= 11 is 1.05. The van der Waals surface area contributed by atoms with E-state index in [0.29, 0.717) is 11.0 Å². The number of carbonyl (C=O) groups excluding carboxylic acids is 1. The van der Waals surface area contributed by atoms with Crippen molar-refractivity contribution in [1.82, 2.24) is 19.6 Å². The number of thiophene rings is 1. The van der Waals surface area contributed by atoms with Crippen LogP contribution >= 0.6 is 11.3 Å². The Kier molecular flexibility index (Phi) is 5.33. The lowest BCUT2D eigenvalue weighted by atomic mass is 10.1. The van der Waals surface area contributed by atoms with Crippen LogP contribution in [-0.2, 0) is 17.5 Å². The molecule has 1 N–H and O–H groups in total. The summed E-state index contributed by atoms with van der Waals surface area (Å²) in [6, 6.07) is 15.0. The van der Waals surface area contributed by atoms with Gasteiger partial charge in [0.2, 0.25) is 5.91 Å². The Hall–Kier alpha value is -4.50. The van der Waals surface area contributed by atoms with E-state index in [9.17, 15) is 28.0 Å². The fourth-order valence-corrected chi connectivity index (χ4v) is 4.70. The molecule has 0 unspecified atom stereocenters. The van der Waals surface area contributed by atoms with E-state index in [-0.39, 0.29) is 27.2 Å². The first kappa shape index (κ1) is 22.3. The van der Waals surface area contributed by atoms with Crippen LogP contribution in [0, 0.1) is 11.3 Å². The van der Waals surface area contributed by atoms with Crippen LogP contribution in [0.4, 0.5) is 18.2 Å². The number of hydrogen-bond donors (Lipinski definition) is 1. The summed E-state index contributed by atoms with van der Waals surface area (Å²) in [4.78, 5) is 25.5. The zero-order chi connectivity index (χ0) is 24.7. The topological polar surface area (TPSA) is 106 Å². The third-order valence-electron chi connectivity index (χ3n) is 5.32. The minimum atomic E-state index is -4.72. The van der Waals surface area contributed by atoms with Crippen molar-refractivity contribution in [2.75, 3.05) is 5.32 Å². The summed E-state index contributed by atoms with van der Waals surface area (Å²) < 4.78 is 43.1. The number of aromatic nitrogens is 4. The Labute approximate surface area is 198 Å². The average molecular weight is 494 g/mol. The maximum Gasteiger partial charge on any atom is 0.418 e. The molecule has 0 saturated heterocycles. The van der Waals surface area contributed by atoms with E-state index in [0.717, 1.165) is 28.0 Å². The van der Waals surface area contributed by atoms with Gasteiger partial charge in [0.25, 0.3) is 5.56 Å². The molecule has 0 saturated carbocycles.